The first-order valence-corrected chi connectivity index (χ1v) is 8.28. The lowest BCUT2D eigenvalue weighted by Gasteiger charge is -2.10. The summed E-state index contributed by atoms with van der Waals surface area (Å²) >= 11 is 0. The second-order valence-electron chi connectivity index (χ2n) is 6.11. The number of aromatic nitrogens is 2. The molecule has 134 valence electrons. The van der Waals surface area contributed by atoms with Gasteiger partial charge in [0.25, 0.3) is 5.91 Å². The van der Waals surface area contributed by atoms with E-state index in [1.165, 1.54) is 29.8 Å². The van der Waals surface area contributed by atoms with Crippen LogP contribution in [-0.4, -0.2) is 22.3 Å². The van der Waals surface area contributed by atoms with Crippen molar-refractivity contribution in [2.45, 2.75) is 20.4 Å². The number of aryl methyl sites for hydroxylation is 2. The summed E-state index contributed by atoms with van der Waals surface area (Å²) in [5.41, 5.74) is 3.09. The molecule has 1 aromatic heterocycles. The average molecular weight is 353 g/mol. The fraction of sp³-hybridized carbons (Fsp3) is 0.200. The predicted molar refractivity (Wildman–Crippen MR) is 97.8 cm³/mol. The Hall–Kier alpha value is -3.15. The zero-order valence-corrected chi connectivity index (χ0v) is 14.7. The monoisotopic (exact) mass is 353 g/mol. The van der Waals surface area contributed by atoms with Gasteiger partial charge < -0.3 is 10.1 Å². The minimum atomic E-state index is -0.350. The molecule has 0 radical (unpaired) electrons. The maximum atomic E-state index is 12.9. The molecule has 0 atom stereocenters. The van der Waals surface area contributed by atoms with E-state index in [-0.39, 0.29) is 18.3 Å². The van der Waals surface area contributed by atoms with Crippen molar-refractivity contribution >= 4 is 11.7 Å². The van der Waals surface area contributed by atoms with Gasteiger partial charge in [-0.2, -0.15) is 5.10 Å². The lowest BCUT2D eigenvalue weighted by atomic mass is 10.1. The first-order valence-electron chi connectivity index (χ1n) is 8.28. The number of nitrogens with one attached hydrogen (secondary N) is 1. The SMILES string of the molecule is Cc1cccc(Cn2nc(C)cc2NC(=O)COc2ccc(F)cc2)c1. The molecule has 1 amide bonds. The molecule has 0 saturated heterocycles. The van der Waals surface area contributed by atoms with Crippen molar-refractivity contribution in [3.8, 4) is 5.75 Å². The van der Waals surface area contributed by atoms with Gasteiger partial charge in [-0.15, -0.1) is 0 Å². The molecule has 0 aliphatic rings. The minimum Gasteiger partial charge on any atom is -0.484 e. The van der Waals surface area contributed by atoms with Crippen molar-refractivity contribution in [3.63, 3.8) is 0 Å². The molecule has 0 spiro atoms. The van der Waals surface area contributed by atoms with E-state index < -0.39 is 0 Å². The van der Waals surface area contributed by atoms with Crippen LogP contribution in [-0.2, 0) is 11.3 Å². The number of rotatable bonds is 6. The minimum absolute atomic E-state index is 0.166. The van der Waals surface area contributed by atoms with Crippen LogP contribution in [0.5, 0.6) is 5.75 Å². The van der Waals surface area contributed by atoms with Crippen LogP contribution in [0.2, 0.25) is 0 Å². The predicted octanol–water partition coefficient (Wildman–Crippen LogP) is 3.70. The standard InChI is InChI=1S/C20H20FN3O2/c1-14-4-3-5-16(10-14)12-24-19(11-15(2)23-24)22-20(25)13-26-18-8-6-17(21)7-9-18/h3-11H,12-13H2,1-2H3,(H,22,25). The molecule has 0 fully saturated rings. The Morgan fingerprint density at radius 3 is 2.65 bits per heavy atom. The first kappa shape index (κ1) is 17.7. The second-order valence-corrected chi connectivity index (χ2v) is 6.11. The van der Waals surface area contributed by atoms with E-state index in [9.17, 15) is 9.18 Å². The number of hydrogen-bond acceptors (Lipinski definition) is 3. The number of carbonyl (C=O) groups is 1. The zero-order valence-electron chi connectivity index (χ0n) is 14.7. The molecule has 3 aromatic rings. The number of hydrogen-bond donors (Lipinski definition) is 1. The van der Waals surface area contributed by atoms with E-state index >= 15 is 0 Å². The van der Waals surface area contributed by atoms with Crippen LogP contribution in [0.3, 0.4) is 0 Å². The van der Waals surface area contributed by atoms with Gasteiger partial charge in [0.15, 0.2) is 6.61 Å². The summed E-state index contributed by atoms with van der Waals surface area (Å²) < 4.78 is 20.0. The molecule has 0 aliphatic carbocycles. The van der Waals surface area contributed by atoms with E-state index in [2.05, 4.69) is 16.5 Å². The fourth-order valence-corrected chi connectivity index (χ4v) is 2.61. The molecular formula is C20H20FN3O2. The summed E-state index contributed by atoms with van der Waals surface area (Å²) in [4.78, 5) is 12.2. The van der Waals surface area contributed by atoms with Crippen LogP contribution in [0, 0.1) is 19.7 Å². The molecule has 3 rings (SSSR count). The van der Waals surface area contributed by atoms with Gasteiger partial charge in [-0.3, -0.25) is 4.79 Å². The summed E-state index contributed by atoms with van der Waals surface area (Å²) in [5.74, 6) is 0.389. The summed E-state index contributed by atoms with van der Waals surface area (Å²) in [6, 6.07) is 15.5. The topological polar surface area (TPSA) is 56.2 Å². The number of ether oxygens (including phenoxy) is 1. The van der Waals surface area contributed by atoms with Crippen LogP contribution in [0.4, 0.5) is 10.2 Å². The van der Waals surface area contributed by atoms with Gasteiger partial charge >= 0.3 is 0 Å². The third-order valence-corrected chi connectivity index (χ3v) is 3.77. The van der Waals surface area contributed by atoms with Crippen LogP contribution in [0.15, 0.2) is 54.6 Å². The molecule has 6 heteroatoms. The smallest absolute Gasteiger partial charge is 0.263 e. The summed E-state index contributed by atoms with van der Waals surface area (Å²) in [6.45, 7) is 4.30. The van der Waals surface area contributed by atoms with Crippen LogP contribution in [0.1, 0.15) is 16.8 Å². The molecule has 1 N–H and O–H groups in total. The Balaban J connectivity index is 1.63. The number of amides is 1. The van der Waals surface area contributed by atoms with Gasteiger partial charge in [0.1, 0.15) is 17.4 Å². The molecule has 0 saturated carbocycles. The lowest BCUT2D eigenvalue weighted by Crippen LogP contribution is -2.22. The molecule has 0 unspecified atom stereocenters. The van der Waals surface area contributed by atoms with Crippen LogP contribution >= 0.6 is 0 Å². The average Bonchev–Trinajstić information content (AvgIpc) is 2.93. The Morgan fingerprint density at radius 2 is 1.92 bits per heavy atom. The van der Waals surface area contributed by atoms with Crippen LogP contribution in [0.25, 0.3) is 0 Å². The van der Waals surface area contributed by atoms with E-state index in [0.717, 1.165) is 11.3 Å². The van der Waals surface area contributed by atoms with E-state index in [1.54, 1.807) is 4.68 Å². The maximum Gasteiger partial charge on any atom is 0.263 e. The highest BCUT2D eigenvalue weighted by Gasteiger charge is 2.11. The van der Waals surface area contributed by atoms with Gasteiger partial charge in [-0.25, -0.2) is 9.07 Å². The van der Waals surface area contributed by atoms with E-state index in [4.69, 9.17) is 4.74 Å². The molecule has 0 bridgehead atoms. The summed E-state index contributed by atoms with van der Waals surface area (Å²) in [6.07, 6.45) is 0. The number of benzene rings is 2. The number of nitrogens with zero attached hydrogens (tertiary/aromatic N) is 2. The molecule has 2 aromatic carbocycles. The molecular weight excluding hydrogens is 333 g/mol. The van der Waals surface area contributed by atoms with Crippen molar-refractivity contribution in [2.75, 3.05) is 11.9 Å². The third kappa shape index (κ3) is 4.69. The number of halogens is 1. The van der Waals surface area contributed by atoms with Crippen molar-refractivity contribution in [1.82, 2.24) is 9.78 Å². The van der Waals surface area contributed by atoms with Crippen molar-refractivity contribution in [1.29, 1.82) is 0 Å². The van der Waals surface area contributed by atoms with Crippen molar-refractivity contribution in [3.05, 3.63) is 77.2 Å². The van der Waals surface area contributed by atoms with Gasteiger partial charge in [0, 0.05) is 6.07 Å². The zero-order chi connectivity index (χ0) is 18.5. The highest BCUT2D eigenvalue weighted by molar-refractivity contribution is 5.91. The molecule has 1 heterocycles. The molecule has 5 nitrogen and oxygen atoms in total. The molecule has 26 heavy (non-hydrogen) atoms. The van der Waals surface area contributed by atoms with Crippen molar-refractivity contribution < 1.29 is 13.9 Å². The first-order chi connectivity index (χ1) is 12.5. The second kappa shape index (κ2) is 7.82. The van der Waals surface area contributed by atoms with Gasteiger partial charge in [-0.05, 0) is 43.7 Å². The highest BCUT2D eigenvalue weighted by atomic mass is 19.1. The number of carbonyl (C=O) groups excluding carboxylic acids is 1. The normalized spacial score (nSPS) is 10.6. The van der Waals surface area contributed by atoms with Gasteiger partial charge in [0.2, 0.25) is 0 Å². The maximum absolute atomic E-state index is 12.9. The number of anilines is 1. The van der Waals surface area contributed by atoms with Gasteiger partial charge in [-0.1, -0.05) is 29.8 Å². The Bertz CT molecular complexity index is 904. The van der Waals surface area contributed by atoms with Crippen molar-refractivity contribution in [2.24, 2.45) is 0 Å². The Labute approximate surface area is 151 Å². The quantitative estimate of drug-likeness (QED) is 0.735. The Kier molecular flexibility index (Phi) is 5.31. The third-order valence-electron chi connectivity index (χ3n) is 3.77. The largest absolute Gasteiger partial charge is 0.484 e. The van der Waals surface area contributed by atoms with E-state index in [0.29, 0.717) is 18.1 Å². The van der Waals surface area contributed by atoms with E-state index in [1.807, 2.05) is 38.1 Å². The van der Waals surface area contributed by atoms with Crippen LogP contribution < -0.4 is 10.1 Å². The lowest BCUT2D eigenvalue weighted by molar-refractivity contribution is -0.118. The summed E-state index contributed by atoms with van der Waals surface area (Å²) in [7, 11) is 0. The molecule has 0 aliphatic heterocycles. The fourth-order valence-electron chi connectivity index (χ4n) is 2.61. The van der Waals surface area contributed by atoms with Gasteiger partial charge in [0.05, 0.1) is 12.2 Å². The highest BCUT2D eigenvalue weighted by Crippen LogP contribution is 2.15. The summed E-state index contributed by atoms with van der Waals surface area (Å²) in [5, 5.41) is 7.25. The Morgan fingerprint density at radius 1 is 1.15 bits per heavy atom.